The molecule has 0 heterocycles. The third-order valence-corrected chi connectivity index (χ3v) is 7.51. The van der Waals surface area contributed by atoms with Crippen molar-refractivity contribution >= 4 is 14.5 Å². The number of hydrogen-bond acceptors (Lipinski definition) is 3. The average Bonchev–Trinajstić information content (AvgIpc) is 2.12. The van der Waals surface area contributed by atoms with E-state index in [0.717, 1.165) is 6.42 Å². The highest BCUT2D eigenvalue weighted by Crippen LogP contribution is 2.45. The Morgan fingerprint density at radius 3 is 1.82 bits per heavy atom. The van der Waals surface area contributed by atoms with Crippen molar-refractivity contribution in [3.05, 3.63) is 0 Å². The van der Waals surface area contributed by atoms with Gasteiger partial charge in [-0.15, -0.1) is 0 Å². The monoisotopic (exact) mass is 261 g/mol. The minimum absolute atomic E-state index is 0.0983. The Hall–Kier alpha value is -0.593. The van der Waals surface area contributed by atoms with Gasteiger partial charge in [0.05, 0.1) is 5.54 Å². The van der Waals surface area contributed by atoms with E-state index in [1.54, 1.807) is 14.2 Å². The second-order valence-electron chi connectivity index (χ2n) is 5.76. The zero-order valence-corrected chi connectivity index (χ0v) is 13.1. The number of rotatable bonds is 6. The summed E-state index contributed by atoms with van der Waals surface area (Å²) in [6.07, 6.45) is 0.794. The van der Waals surface area contributed by atoms with Crippen LogP contribution in [0.1, 0.15) is 34.1 Å². The molecule has 0 unspecified atom stereocenters. The second-order valence-corrected chi connectivity index (χ2v) is 9.83. The molecule has 0 rings (SSSR count). The third-order valence-electron chi connectivity index (χ3n) is 3.31. The van der Waals surface area contributed by atoms with Gasteiger partial charge in [-0.1, -0.05) is 13.8 Å². The van der Waals surface area contributed by atoms with Crippen LogP contribution in [-0.2, 0) is 8.85 Å². The van der Waals surface area contributed by atoms with E-state index in [2.05, 4.69) is 25.4 Å². The fraction of sp³-hybridized carbons (Fsp3) is 0.909. The van der Waals surface area contributed by atoms with Crippen LogP contribution in [0.3, 0.4) is 0 Å². The zero-order valence-electron chi connectivity index (χ0n) is 12.1. The highest BCUT2D eigenvalue weighted by atomic mass is 28.4. The predicted octanol–water partition coefficient (Wildman–Crippen LogP) is 1.57. The van der Waals surface area contributed by atoms with E-state index in [0.29, 0.717) is 0 Å². The van der Waals surface area contributed by atoms with Gasteiger partial charge >= 0.3 is 8.56 Å². The van der Waals surface area contributed by atoms with Crippen molar-refractivity contribution in [2.45, 2.75) is 51.2 Å². The van der Waals surface area contributed by atoms with Crippen LogP contribution in [0.4, 0.5) is 0 Å². The Balaban J connectivity index is 5.04. The summed E-state index contributed by atoms with van der Waals surface area (Å²) in [6.45, 7) is 10.3. The fourth-order valence-corrected chi connectivity index (χ4v) is 4.29. The van der Waals surface area contributed by atoms with Crippen molar-refractivity contribution in [3.63, 3.8) is 0 Å². The molecule has 0 saturated heterocycles. The molecule has 0 amide bonds. The van der Waals surface area contributed by atoms with Crippen LogP contribution in [0, 0.1) is 0 Å². The van der Waals surface area contributed by atoms with Crippen LogP contribution in [-0.4, -0.2) is 34.3 Å². The number of guanidine groups is 1. The molecular formula is C11H27N3O2Si. The first-order valence-corrected chi connectivity index (χ1v) is 8.02. The summed E-state index contributed by atoms with van der Waals surface area (Å²) in [4.78, 5) is 4.26. The van der Waals surface area contributed by atoms with Crippen molar-refractivity contribution in [3.8, 4) is 0 Å². The number of nitrogens with zero attached hydrogens (tertiary/aromatic N) is 1. The second kappa shape index (κ2) is 5.37. The summed E-state index contributed by atoms with van der Waals surface area (Å²) in [5.74, 6) is 0.115. The zero-order chi connectivity index (χ0) is 13.9. The molecule has 0 aromatic heterocycles. The normalized spacial score (nSPS) is 13.6. The Labute approximate surface area is 106 Å². The molecule has 0 aliphatic rings. The topological polar surface area (TPSA) is 82.9 Å². The molecule has 0 aliphatic heterocycles. The van der Waals surface area contributed by atoms with Crippen LogP contribution in [0.2, 0.25) is 11.6 Å². The van der Waals surface area contributed by atoms with Crippen molar-refractivity contribution in [1.82, 2.24) is 0 Å². The maximum atomic E-state index is 5.61. The molecule has 0 saturated carbocycles. The van der Waals surface area contributed by atoms with Gasteiger partial charge in [-0.3, -0.25) is 0 Å². The molecule has 0 aromatic rings. The molecule has 6 heteroatoms. The standard InChI is InChI=1S/C11H27N3O2Si/c1-10(2,14-9(12)13)8-11(3,4)17(7,15-5)16-6/h8H2,1-7H3,(H4,12,13,14). The summed E-state index contributed by atoms with van der Waals surface area (Å²) in [5, 5.41) is -0.0983. The smallest absolute Gasteiger partial charge is 0.340 e. The number of nitrogens with two attached hydrogens (primary N) is 2. The van der Waals surface area contributed by atoms with E-state index < -0.39 is 8.56 Å². The first kappa shape index (κ1) is 16.4. The van der Waals surface area contributed by atoms with E-state index in [-0.39, 0.29) is 16.5 Å². The summed E-state index contributed by atoms with van der Waals surface area (Å²) in [5.41, 5.74) is 10.6. The molecular weight excluding hydrogens is 234 g/mol. The maximum absolute atomic E-state index is 5.61. The van der Waals surface area contributed by atoms with Crippen LogP contribution < -0.4 is 11.5 Å². The van der Waals surface area contributed by atoms with Gasteiger partial charge in [0.15, 0.2) is 5.96 Å². The van der Waals surface area contributed by atoms with E-state index in [1.165, 1.54) is 0 Å². The van der Waals surface area contributed by atoms with Crippen molar-refractivity contribution in [2.75, 3.05) is 14.2 Å². The fourth-order valence-electron chi connectivity index (χ4n) is 2.27. The number of aliphatic imine (C=N–C) groups is 1. The van der Waals surface area contributed by atoms with Gasteiger partial charge in [-0.25, -0.2) is 4.99 Å². The summed E-state index contributed by atoms with van der Waals surface area (Å²) in [7, 11) is 1.16. The van der Waals surface area contributed by atoms with Crippen LogP contribution in [0.15, 0.2) is 4.99 Å². The van der Waals surface area contributed by atoms with Gasteiger partial charge in [0.1, 0.15) is 0 Å². The lowest BCUT2D eigenvalue weighted by Crippen LogP contribution is -2.49. The van der Waals surface area contributed by atoms with Gasteiger partial charge in [-0.2, -0.15) is 0 Å². The predicted molar refractivity (Wildman–Crippen MR) is 74.2 cm³/mol. The van der Waals surface area contributed by atoms with Crippen LogP contribution in [0.25, 0.3) is 0 Å². The molecule has 0 aromatic carbocycles. The van der Waals surface area contributed by atoms with Gasteiger partial charge in [0.25, 0.3) is 0 Å². The first-order chi connectivity index (χ1) is 7.49. The highest BCUT2D eigenvalue weighted by molar-refractivity contribution is 6.69. The summed E-state index contributed by atoms with van der Waals surface area (Å²) >= 11 is 0. The van der Waals surface area contributed by atoms with E-state index in [1.807, 2.05) is 13.8 Å². The molecule has 102 valence electrons. The molecule has 17 heavy (non-hydrogen) atoms. The molecule has 5 nitrogen and oxygen atoms in total. The van der Waals surface area contributed by atoms with Gasteiger partial charge < -0.3 is 20.3 Å². The third kappa shape index (κ3) is 4.29. The quantitative estimate of drug-likeness (QED) is 0.432. The van der Waals surface area contributed by atoms with Gasteiger partial charge in [-0.05, 0) is 26.8 Å². The lowest BCUT2D eigenvalue weighted by Gasteiger charge is -2.42. The summed E-state index contributed by atoms with van der Waals surface area (Å²) < 4.78 is 11.2. The Morgan fingerprint density at radius 1 is 1.12 bits per heavy atom. The van der Waals surface area contributed by atoms with E-state index in [9.17, 15) is 0 Å². The van der Waals surface area contributed by atoms with E-state index >= 15 is 0 Å². The van der Waals surface area contributed by atoms with Crippen molar-refractivity contribution < 1.29 is 8.85 Å². The van der Waals surface area contributed by atoms with Gasteiger partial charge in [0, 0.05) is 19.3 Å². The Kier molecular flexibility index (Phi) is 5.18. The summed E-state index contributed by atoms with van der Waals surface area (Å²) in [6, 6.07) is 0. The Morgan fingerprint density at radius 2 is 1.53 bits per heavy atom. The van der Waals surface area contributed by atoms with Gasteiger partial charge in [0.2, 0.25) is 0 Å². The van der Waals surface area contributed by atoms with Crippen LogP contribution in [0.5, 0.6) is 0 Å². The molecule has 0 aliphatic carbocycles. The molecule has 0 atom stereocenters. The van der Waals surface area contributed by atoms with Crippen molar-refractivity contribution in [2.24, 2.45) is 16.5 Å². The lowest BCUT2D eigenvalue weighted by molar-refractivity contribution is 0.203. The first-order valence-electron chi connectivity index (χ1n) is 5.71. The molecule has 0 spiro atoms. The molecule has 0 bridgehead atoms. The largest absolute Gasteiger partial charge is 0.397 e. The van der Waals surface area contributed by atoms with Crippen molar-refractivity contribution in [1.29, 1.82) is 0 Å². The SMILES string of the molecule is CO[Si](C)(OC)C(C)(C)CC(C)(C)N=C(N)N. The van der Waals surface area contributed by atoms with Crippen LogP contribution >= 0.6 is 0 Å². The minimum Gasteiger partial charge on any atom is -0.397 e. The number of hydrogen-bond donors (Lipinski definition) is 2. The van der Waals surface area contributed by atoms with E-state index in [4.69, 9.17) is 20.3 Å². The highest BCUT2D eigenvalue weighted by Gasteiger charge is 2.48. The minimum atomic E-state index is -2.24. The molecule has 0 radical (unpaired) electrons. The Bertz CT molecular complexity index is 282. The molecule has 4 N–H and O–H groups in total. The lowest BCUT2D eigenvalue weighted by atomic mass is 9.92. The maximum Gasteiger partial charge on any atom is 0.340 e. The average molecular weight is 261 g/mol. The molecule has 0 fully saturated rings.